The molecule has 0 unspecified atom stereocenters. The van der Waals surface area contributed by atoms with Crippen molar-refractivity contribution in [2.24, 2.45) is 23.2 Å². The molecular weight excluding hydrogens is 368 g/mol. The summed E-state index contributed by atoms with van der Waals surface area (Å²) in [6.45, 7) is 13.7. The van der Waals surface area contributed by atoms with Gasteiger partial charge < -0.3 is 14.6 Å². The third-order valence-electron chi connectivity index (χ3n) is 8.03. The topological polar surface area (TPSA) is 62.2 Å². The van der Waals surface area contributed by atoms with Crippen molar-refractivity contribution in [1.82, 2.24) is 9.80 Å². The number of nitrogens with zero attached hydrogens (tertiary/aromatic N) is 2. The molecule has 2 saturated carbocycles. The first kappa shape index (κ1) is 21.3. The van der Waals surface area contributed by atoms with Crippen LogP contribution in [0.5, 0.6) is 0 Å². The minimum absolute atomic E-state index is 0.0266. The van der Waals surface area contributed by atoms with Crippen molar-refractivity contribution < 1.29 is 19.4 Å². The van der Waals surface area contributed by atoms with Gasteiger partial charge in [0.05, 0.1) is 25.7 Å². The summed E-state index contributed by atoms with van der Waals surface area (Å²) in [5.74, 6) is 0.983. The zero-order valence-electron chi connectivity index (χ0n) is 18.0. The number of hydrogen-bond donors (Lipinski definition) is 1. The van der Waals surface area contributed by atoms with Crippen LogP contribution in [0.15, 0.2) is 12.2 Å². The summed E-state index contributed by atoms with van der Waals surface area (Å²) >= 11 is 0. The third-order valence-corrected chi connectivity index (χ3v) is 8.03. The predicted molar refractivity (Wildman–Crippen MR) is 111 cm³/mol. The van der Waals surface area contributed by atoms with E-state index in [1.54, 1.807) is 0 Å². The van der Waals surface area contributed by atoms with E-state index < -0.39 is 0 Å². The van der Waals surface area contributed by atoms with E-state index in [1.807, 2.05) is 0 Å². The van der Waals surface area contributed by atoms with Crippen molar-refractivity contribution >= 4 is 5.97 Å². The Hall–Kier alpha value is -0.950. The molecule has 164 valence electrons. The standard InChI is InChI=1S/C23H38N2O4/c1-17-4-3-5-23(2)15-21-18(14-20(17)23)19(22(27)29-21)16-25-8-6-24(7-9-25)10-12-28-13-11-26/h18-21,26H,1,3-16H2,2H3/t18-,19+,20-,21+,23+/m0/s1. The summed E-state index contributed by atoms with van der Waals surface area (Å²) in [4.78, 5) is 17.6. The van der Waals surface area contributed by atoms with Gasteiger partial charge in [0, 0.05) is 45.2 Å². The highest BCUT2D eigenvalue weighted by Crippen LogP contribution is 2.56. The van der Waals surface area contributed by atoms with Crippen LogP contribution in [0.3, 0.4) is 0 Å². The van der Waals surface area contributed by atoms with Crippen molar-refractivity contribution in [2.75, 3.05) is 59.1 Å². The van der Waals surface area contributed by atoms with E-state index >= 15 is 0 Å². The zero-order valence-corrected chi connectivity index (χ0v) is 18.0. The second kappa shape index (κ2) is 9.04. The number of ether oxygens (including phenoxy) is 2. The quantitative estimate of drug-likeness (QED) is 0.396. The summed E-state index contributed by atoms with van der Waals surface area (Å²) < 4.78 is 11.3. The van der Waals surface area contributed by atoms with Crippen LogP contribution in [0, 0.1) is 23.2 Å². The lowest BCUT2D eigenvalue weighted by Crippen LogP contribution is -2.50. The molecule has 2 aliphatic heterocycles. The van der Waals surface area contributed by atoms with E-state index in [0.29, 0.717) is 25.0 Å². The lowest BCUT2D eigenvalue weighted by Gasteiger charge is -2.50. The molecular formula is C23H38N2O4. The maximum Gasteiger partial charge on any atom is 0.310 e. The third kappa shape index (κ3) is 4.55. The van der Waals surface area contributed by atoms with Gasteiger partial charge in [-0.3, -0.25) is 14.6 Å². The van der Waals surface area contributed by atoms with Gasteiger partial charge in [0.1, 0.15) is 6.10 Å². The second-order valence-corrected chi connectivity index (χ2v) is 9.88. The molecule has 2 aliphatic carbocycles. The molecule has 29 heavy (non-hydrogen) atoms. The molecule has 0 bridgehead atoms. The maximum absolute atomic E-state index is 12.8. The minimum atomic E-state index is 0.0266. The smallest absolute Gasteiger partial charge is 0.310 e. The van der Waals surface area contributed by atoms with Gasteiger partial charge in [-0.2, -0.15) is 0 Å². The Balaban J connectivity index is 1.30. The number of esters is 1. The number of aliphatic hydroxyl groups excluding tert-OH is 1. The molecule has 1 N–H and O–H groups in total. The fourth-order valence-electron chi connectivity index (χ4n) is 6.30. The molecule has 4 rings (SSSR count). The number of allylic oxidation sites excluding steroid dienone is 1. The number of carbonyl (C=O) groups excluding carboxylic acids is 1. The van der Waals surface area contributed by atoms with Crippen LogP contribution in [0.25, 0.3) is 0 Å². The van der Waals surface area contributed by atoms with Gasteiger partial charge in [0.2, 0.25) is 0 Å². The lowest BCUT2D eigenvalue weighted by atomic mass is 9.55. The number of carbonyl (C=O) groups is 1. The van der Waals surface area contributed by atoms with E-state index in [9.17, 15) is 4.79 Å². The van der Waals surface area contributed by atoms with Crippen LogP contribution < -0.4 is 0 Å². The molecule has 0 aromatic carbocycles. The van der Waals surface area contributed by atoms with Crippen molar-refractivity contribution in [3.63, 3.8) is 0 Å². The van der Waals surface area contributed by atoms with Crippen molar-refractivity contribution in [3.05, 3.63) is 12.2 Å². The maximum atomic E-state index is 12.8. The molecule has 6 heteroatoms. The predicted octanol–water partition coefficient (Wildman–Crippen LogP) is 1.93. The molecule has 6 nitrogen and oxygen atoms in total. The Morgan fingerprint density at radius 3 is 2.76 bits per heavy atom. The number of hydrogen-bond acceptors (Lipinski definition) is 6. The van der Waals surface area contributed by atoms with Crippen LogP contribution in [0.2, 0.25) is 0 Å². The van der Waals surface area contributed by atoms with Gasteiger partial charge in [-0.25, -0.2) is 0 Å². The molecule has 0 spiro atoms. The van der Waals surface area contributed by atoms with Crippen LogP contribution in [0.4, 0.5) is 0 Å². The van der Waals surface area contributed by atoms with Crippen molar-refractivity contribution in [3.8, 4) is 0 Å². The van der Waals surface area contributed by atoms with Gasteiger partial charge in [-0.1, -0.05) is 19.1 Å². The number of piperazine rings is 1. The second-order valence-electron chi connectivity index (χ2n) is 9.88. The molecule has 0 amide bonds. The SMILES string of the molecule is C=C1CCC[C@]2(C)C[C@H]3OC(=O)[C@H](CN4CCN(CCOCCO)CC4)[C@@H]3C[C@@H]12. The molecule has 5 atom stereocenters. The van der Waals surface area contributed by atoms with Crippen LogP contribution in [0.1, 0.15) is 39.0 Å². The summed E-state index contributed by atoms with van der Waals surface area (Å²) in [6, 6.07) is 0. The zero-order chi connectivity index (χ0) is 20.4. The van der Waals surface area contributed by atoms with Crippen LogP contribution >= 0.6 is 0 Å². The molecule has 0 aromatic rings. The minimum Gasteiger partial charge on any atom is -0.462 e. The number of aliphatic hydroxyl groups is 1. The van der Waals surface area contributed by atoms with Crippen LogP contribution in [-0.2, 0) is 14.3 Å². The summed E-state index contributed by atoms with van der Waals surface area (Å²) in [6.07, 6.45) is 5.84. The number of rotatable bonds is 7. The highest BCUT2D eigenvalue weighted by Gasteiger charge is 2.55. The molecule has 2 heterocycles. The van der Waals surface area contributed by atoms with E-state index in [1.165, 1.54) is 18.4 Å². The fourth-order valence-corrected chi connectivity index (χ4v) is 6.30. The van der Waals surface area contributed by atoms with E-state index in [-0.39, 0.29) is 30.0 Å². The van der Waals surface area contributed by atoms with Gasteiger partial charge in [0.15, 0.2) is 0 Å². The van der Waals surface area contributed by atoms with Gasteiger partial charge in [0.25, 0.3) is 0 Å². The molecule has 0 radical (unpaired) electrons. The Kier molecular flexibility index (Phi) is 6.64. The van der Waals surface area contributed by atoms with Crippen LogP contribution in [-0.4, -0.2) is 86.1 Å². The summed E-state index contributed by atoms with van der Waals surface area (Å²) in [5.41, 5.74) is 1.68. The van der Waals surface area contributed by atoms with Gasteiger partial charge >= 0.3 is 5.97 Å². The first-order valence-electron chi connectivity index (χ1n) is 11.5. The molecule has 2 saturated heterocycles. The first-order valence-corrected chi connectivity index (χ1v) is 11.5. The largest absolute Gasteiger partial charge is 0.462 e. The first-order chi connectivity index (χ1) is 14.0. The van der Waals surface area contributed by atoms with E-state index in [4.69, 9.17) is 14.6 Å². The Morgan fingerprint density at radius 1 is 1.24 bits per heavy atom. The monoisotopic (exact) mass is 406 g/mol. The fraction of sp³-hybridized carbons (Fsp3) is 0.870. The average Bonchev–Trinajstić information content (AvgIpc) is 2.99. The normalized spacial score (nSPS) is 38.6. The Morgan fingerprint density at radius 2 is 2.00 bits per heavy atom. The summed E-state index contributed by atoms with van der Waals surface area (Å²) in [5, 5.41) is 8.78. The van der Waals surface area contributed by atoms with E-state index in [2.05, 4.69) is 23.3 Å². The molecule has 4 fully saturated rings. The number of fused-ring (bicyclic) bond motifs is 2. The van der Waals surface area contributed by atoms with Crippen molar-refractivity contribution in [2.45, 2.75) is 45.1 Å². The highest BCUT2D eigenvalue weighted by molar-refractivity contribution is 5.75. The average molecular weight is 407 g/mol. The Labute approximate surface area is 175 Å². The molecule has 0 aromatic heterocycles. The highest BCUT2D eigenvalue weighted by atomic mass is 16.6. The lowest BCUT2D eigenvalue weighted by molar-refractivity contribution is -0.146. The van der Waals surface area contributed by atoms with Gasteiger partial charge in [-0.15, -0.1) is 0 Å². The van der Waals surface area contributed by atoms with Gasteiger partial charge in [-0.05, 0) is 43.4 Å². The van der Waals surface area contributed by atoms with Crippen molar-refractivity contribution in [1.29, 1.82) is 0 Å². The molecule has 4 aliphatic rings. The summed E-state index contributed by atoms with van der Waals surface area (Å²) in [7, 11) is 0. The van der Waals surface area contributed by atoms with E-state index in [0.717, 1.165) is 58.5 Å². The Bertz CT molecular complexity index is 604.